The van der Waals surface area contributed by atoms with Crippen molar-refractivity contribution in [1.82, 2.24) is 0 Å². The summed E-state index contributed by atoms with van der Waals surface area (Å²) in [5.41, 5.74) is 1.08. The third kappa shape index (κ3) is 2.34. The van der Waals surface area contributed by atoms with Gasteiger partial charge in [-0.05, 0) is 30.7 Å². The van der Waals surface area contributed by atoms with Gasteiger partial charge in [0.05, 0.1) is 5.69 Å². The fourth-order valence-electron chi connectivity index (χ4n) is 1.80. The zero-order valence-electron chi connectivity index (χ0n) is 8.90. The summed E-state index contributed by atoms with van der Waals surface area (Å²) in [6.45, 7) is 2.50. The van der Waals surface area contributed by atoms with Crippen LogP contribution in [-0.2, 0) is 4.79 Å². The Hall–Kier alpha value is -0.960. The fraction of sp³-hybridized carbons (Fsp3) is 0.417. The van der Waals surface area contributed by atoms with Crippen LogP contribution in [0, 0.1) is 0 Å². The smallest absolute Gasteiger partial charge is 0.223 e. The normalized spacial score (nSPS) is 16.5. The monoisotopic (exact) mass is 221 g/mol. The van der Waals surface area contributed by atoms with Crippen molar-refractivity contribution in [1.29, 1.82) is 0 Å². The molecule has 1 heterocycles. The maximum atomic E-state index is 11.5. The van der Waals surface area contributed by atoms with E-state index in [1.54, 1.807) is 6.92 Å². The van der Waals surface area contributed by atoms with Crippen LogP contribution in [0.1, 0.15) is 19.8 Å². The highest BCUT2D eigenvalue weighted by atomic mass is 32.2. The minimum atomic E-state index is 0.143. The van der Waals surface area contributed by atoms with Gasteiger partial charge in [0.2, 0.25) is 5.91 Å². The Labute approximate surface area is 94.7 Å². The van der Waals surface area contributed by atoms with E-state index >= 15 is 0 Å². The van der Waals surface area contributed by atoms with E-state index in [-0.39, 0.29) is 5.91 Å². The summed E-state index contributed by atoms with van der Waals surface area (Å²) >= 11 is 1.85. The van der Waals surface area contributed by atoms with Crippen molar-refractivity contribution >= 4 is 23.4 Å². The lowest BCUT2D eigenvalue weighted by atomic mass is 10.2. The van der Waals surface area contributed by atoms with Gasteiger partial charge in [0.1, 0.15) is 0 Å². The highest BCUT2D eigenvalue weighted by Crippen LogP contribution is 2.32. The van der Waals surface area contributed by atoms with Gasteiger partial charge in [-0.1, -0.05) is 12.1 Å². The van der Waals surface area contributed by atoms with Crippen LogP contribution in [0.25, 0.3) is 0 Å². The quantitative estimate of drug-likeness (QED) is 0.671. The van der Waals surface area contributed by atoms with Crippen molar-refractivity contribution in [2.75, 3.05) is 17.2 Å². The highest BCUT2D eigenvalue weighted by molar-refractivity contribution is 7.99. The number of nitrogens with zero attached hydrogens (tertiary/aromatic N) is 1. The van der Waals surface area contributed by atoms with Crippen LogP contribution in [0.15, 0.2) is 29.2 Å². The van der Waals surface area contributed by atoms with Crippen LogP contribution in [0.4, 0.5) is 5.69 Å². The number of para-hydroxylation sites is 1. The molecular weight excluding hydrogens is 206 g/mol. The van der Waals surface area contributed by atoms with Crippen LogP contribution >= 0.6 is 11.8 Å². The first kappa shape index (κ1) is 10.6. The lowest BCUT2D eigenvalue weighted by Crippen LogP contribution is -2.30. The minimum Gasteiger partial charge on any atom is -0.312 e. The highest BCUT2D eigenvalue weighted by Gasteiger charge is 2.16. The fourth-order valence-corrected chi connectivity index (χ4v) is 2.87. The van der Waals surface area contributed by atoms with Gasteiger partial charge in [0.15, 0.2) is 0 Å². The van der Waals surface area contributed by atoms with Gasteiger partial charge in [-0.25, -0.2) is 0 Å². The molecule has 1 aliphatic rings. The van der Waals surface area contributed by atoms with Gasteiger partial charge in [-0.15, -0.1) is 11.8 Å². The van der Waals surface area contributed by atoms with Crippen molar-refractivity contribution in [2.45, 2.75) is 24.7 Å². The SMILES string of the molecule is CC(=O)N1CCCCSc2ccccc21. The molecule has 0 fully saturated rings. The molecule has 80 valence electrons. The van der Waals surface area contributed by atoms with E-state index in [0.29, 0.717) is 0 Å². The molecule has 0 unspecified atom stereocenters. The molecule has 0 N–H and O–H groups in total. The Morgan fingerprint density at radius 3 is 2.93 bits per heavy atom. The predicted octanol–water partition coefficient (Wildman–Crippen LogP) is 2.93. The Kier molecular flexibility index (Phi) is 3.31. The summed E-state index contributed by atoms with van der Waals surface area (Å²) in [4.78, 5) is 14.7. The second-order valence-electron chi connectivity index (χ2n) is 3.69. The predicted molar refractivity (Wildman–Crippen MR) is 64.4 cm³/mol. The molecule has 0 spiro atoms. The number of thioether (sulfide) groups is 1. The van der Waals surface area contributed by atoms with Crippen molar-refractivity contribution in [3.8, 4) is 0 Å². The number of rotatable bonds is 0. The van der Waals surface area contributed by atoms with E-state index in [4.69, 9.17) is 0 Å². The third-order valence-corrected chi connectivity index (χ3v) is 3.72. The van der Waals surface area contributed by atoms with Gasteiger partial charge in [0, 0.05) is 18.4 Å². The molecule has 1 aromatic carbocycles. The van der Waals surface area contributed by atoms with Crippen LogP contribution in [0.3, 0.4) is 0 Å². The summed E-state index contributed by atoms with van der Waals surface area (Å²) in [7, 11) is 0. The van der Waals surface area contributed by atoms with Gasteiger partial charge >= 0.3 is 0 Å². The van der Waals surface area contributed by atoms with Crippen LogP contribution in [0.5, 0.6) is 0 Å². The largest absolute Gasteiger partial charge is 0.312 e. The molecule has 1 aliphatic heterocycles. The number of anilines is 1. The molecule has 0 atom stereocenters. The van der Waals surface area contributed by atoms with E-state index in [1.165, 1.54) is 11.3 Å². The molecule has 2 rings (SSSR count). The van der Waals surface area contributed by atoms with Crippen molar-refractivity contribution in [2.24, 2.45) is 0 Å². The second kappa shape index (κ2) is 4.71. The Balaban J connectivity index is 2.38. The van der Waals surface area contributed by atoms with Gasteiger partial charge in [-0.3, -0.25) is 4.79 Å². The minimum absolute atomic E-state index is 0.143. The summed E-state index contributed by atoms with van der Waals surface area (Å²) in [5.74, 6) is 1.30. The Morgan fingerprint density at radius 2 is 2.13 bits per heavy atom. The number of fused-ring (bicyclic) bond motifs is 1. The molecule has 1 amide bonds. The van der Waals surface area contributed by atoms with E-state index < -0.39 is 0 Å². The lowest BCUT2D eigenvalue weighted by molar-refractivity contribution is -0.116. The number of carbonyl (C=O) groups is 1. The first-order valence-corrected chi connectivity index (χ1v) is 6.27. The van der Waals surface area contributed by atoms with Crippen LogP contribution < -0.4 is 4.90 Å². The van der Waals surface area contributed by atoms with Gasteiger partial charge in [0.25, 0.3) is 0 Å². The second-order valence-corrected chi connectivity index (χ2v) is 4.83. The Morgan fingerprint density at radius 1 is 1.33 bits per heavy atom. The van der Waals surface area contributed by atoms with Crippen molar-refractivity contribution < 1.29 is 4.79 Å². The average Bonchev–Trinajstić information content (AvgIpc) is 2.18. The number of hydrogen-bond acceptors (Lipinski definition) is 2. The number of benzene rings is 1. The standard InChI is InChI=1S/C12H15NOS/c1-10(14)13-8-4-5-9-15-12-7-3-2-6-11(12)13/h2-3,6-7H,4-5,8-9H2,1H3. The molecule has 0 saturated heterocycles. The molecular formula is C12H15NOS. The summed E-state index contributed by atoms with van der Waals surface area (Å²) < 4.78 is 0. The average molecular weight is 221 g/mol. The molecule has 3 heteroatoms. The van der Waals surface area contributed by atoms with Gasteiger partial charge < -0.3 is 4.90 Å². The van der Waals surface area contributed by atoms with Gasteiger partial charge in [-0.2, -0.15) is 0 Å². The maximum absolute atomic E-state index is 11.5. The maximum Gasteiger partial charge on any atom is 0.223 e. The molecule has 15 heavy (non-hydrogen) atoms. The molecule has 1 aromatic rings. The molecule has 0 saturated carbocycles. The summed E-state index contributed by atoms with van der Waals surface area (Å²) in [6.07, 6.45) is 2.28. The van der Waals surface area contributed by atoms with Crippen molar-refractivity contribution in [3.63, 3.8) is 0 Å². The first-order valence-electron chi connectivity index (χ1n) is 5.29. The van der Waals surface area contributed by atoms with E-state index in [9.17, 15) is 4.79 Å². The summed E-state index contributed by atoms with van der Waals surface area (Å²) in [6, 6.07) is 8.17. The van der Waals surface area contributed by atoms with Crippen molar-refractivity contribution in [3.05, 3.63) is 24.3 Å². The van der Waals surface area contributed by atoms with E-state index in [0.717, 1.165) is 24.4 Å². The van der Waals surface area contributed by atoms with E-state index in [1.807, 2.05) is 34.9 Å². The lowest BCUT2D eigenvalue weighted by Gasteiger charge is -2.25. The molecule has 0 aliphatic carbocycles. The summed E-state index contributed by atoms with van der Waals surface area (Å²) in [5, 5.41) is 0. The molecule has 0 bridgehead atoms. The zero-order valence-corrected chi connectivity index (χ0v) is 9.72. The number of amides is 1. The zero-order chi connectivity index (χ0) is 10.7. The van der Waals surface area contributed by atoms with Crippen LogP contribution in [-0.4, -0.2) is 18.2 Å². The molecule has 0 radical (unpaired) electrons. The molecule has 2 nitrogen and oxygen atoms in total. The molecule has 0 aromatic heterocycles. The number of carbonyl (C=O) groups excluding carboxylic acids is 1. The Bertz CT molecular complexity index is 364. The first-order chi connectivity index (χ1) is 7.29. The van der Waals surface area contributed by atoms with Crippen LogP contribution in [0.2, 0.25) is 0 Å². The van der Waals surface area contributed by atoms with E-state index in [2.05, 4.69) is 6.07 Å². The number of hydrogen-bond donors (Lipinski definition) is 0. The third-order valence-electron chi connectivity index (χ3n) is 2.57. The topological polar surface area (TPSA) is 20.3 Å².